The first kappa shape index (κ1) is 22.5. The van der Waals surface area contributed by atoms with E-state index < -0.39 is 0 Å². The third-order valence-electron chi connectivity index (χ3n) is 5.39. The van der Waals surface area contributed by atoms with E-state index in [1.807, 2.05) is 26.0 Å². The molecule has 1 aromatic heterocycles. The zero-order valence-electron chi connectivity index (χ0n) is 18.9. The minimum atomic E-state index is -0.355. The molecule has 1 heterocycles. The van der Waals surface area contributed by atoms with Crippen molar-refractivity contribution < 1.29 is 23.4 Å². The van der Waals surface area contributed by atoms with Crippen molar-refractivity contribution in [1.29, 1.82) is 0 Å². The number of nitrogens with one attached hydrogen (secondary N) is 1. The number of ether oxygens (including phenoxy) is 3. The fourth-order valence-electron chi connectivity index (χ4n) is 3.48. The fraction of sp³-hybridized carbons (Fsp3) is 0.200. The molecule has 0 spiro atoms. The minimum absolute atomic E-state index is 0.341. The largest absolute Gasteiger partial charge is 0.493 e. The maximum absolute atomic E-state index is 13.0. The molecule has 0 aliphatic rings. The van der Waals surface area contributed by atoms with E-state index in [1.54, 1.807) is 30.3 Å². The highest BCUT2D eigenvalue weighted by atomic mass is 35.5. The van der Waals surface area contributed by atoms with Crippen LogP contribution in [0.1, 0.15) is 21.5 Å². The Kier molecular flexibility index (Phi) is 6.16. The molecule has 1 amide bonds. The van der Waals surface area contributed by atoms with Crippen LogP contribution in [0.15, 0.2) is 46.9 Å². The Hall–Kier alpha value is -3.71. The van der Waals surface area contributed by atoms with Crippen molar-refractivity contribution in [2.75, 3.05) is 26.6 Å². The summed E-state index contributed by atoms with van der Waals surface area (Å²) in [5.41, 5.74) is 5.11. The molecule has 0 bridgehead atoms. The molecule has 33 heavy (non-hydrogen) atoms. The predicted octanol–water partition coefficient (Wildman–Crippen LogP) is 6.04. The number of aryl methyl sites for hydroxylation is 2. The van der Waals surface area contributed by atoms with Crippen LogP contribution < -0.4 is 19.5 Å². The number of oxazole rings is 1. The first-order valence-electron chi connectivity index (χ1n) is 10.1. The van der Waals surface area contributed by atoms with E-state index in [9.17, 15) is 4.79 Å². The Morgan fingerprint density at radius 1 is 0.939 bits per heavy atom. The van der Waals surface area contributed by atoms with Gasteiger partial charge in [-0.05, 0) is 67.4 Å². The summed E-state index contributed by atoms with van der Waals surface area (Å²) in [4.78, 5) is 17.5. The number of carbonyl (C=O) groups excluding carboxylic acids is 1. The molecule has 0 unspecified atom stereocenters. The monoisotopic (exact) mass is 466 g/mol. The normalized spacial score (nSPS) is 10.8. The molecule has 0 saturated carbocycles. The van der Waals surface area contributed by atoms with E-state index in [1.165, 1.54) is 21.3 Å². The maximum Gasteiger partial charge on any atom is 0.255 e. The van der Waals surface area contributed by atoms with Crippen LogP contribution in [0.2, 0.25) is 5.02 Å². The second-order valence-electron chi connectivity index (χ2n) is 7.49. The number of amides is 1. The molecule has 0 radical (unpaired) electrons. The summed E-state index contributed by atoms with van der Waals surface area (Å²) in [6.45, 7) is 4.04. The Balaban J connectivity index is 1.67. The standard InChI is InChI=1S/C25H23ClN2O5/c1-13-8-19-20(9-14(13)2)33-25(28-19)17-12-16(6-7-18(17)26)27-24(29)15-10-21(30-3)23(32-5)22(11-15)31-4/h6-12H,1-5H3,(H,27,29). The van der Waals surface area contributed by atoms with Crippen molar-refractivity contribution in [2.45, 2.75) is 13.8 Å². The van der Waals surface area contributed by atoms with Crippen molar-refractivity contribution in [3.63, 3.8) is 0 Å². The molecule has 4 rings (SSSR count). The molecule has 4 aromatic rings. The van der Waals surface area contributed by atoms with Crippen LogP contribution >= 0.6 is 11.6 Å². The molecular weight excluding hydrogens is 444 g/mol. The van der Waals surface area contributed by atoms with Crippen molar-refractivity contribution >= 4 is 34.3 Å². The zero-order valence-corrected chi connectivity index (χ0v) is 19.7. The molecule has 1 N–H and O–H groups in total. The molecule has 8 heteroatoms. The lowest BCUT2D eigenvalue weighted by molar-refractivity contribution is 0.102. The second-order valence-corrected chi connectivity index (χ2v) is 7.89. The highest BCUT2D eigenvalue weighted by Crippen LogP contribution is 2.38. The number of hydrogen-bond donors (Lipinski definition) is 1. The van der Waals surface area contributed by atoms with Gasteiger partial charge in [-0.25, -0.2) is 4.98 Å². The van der Waals surface area contributed by atoms with Gasteiger partial charge in [0.15, 0.2) is 17.1 Å². The van der Waals surface area contributed by atoms with Gasteiger partial charge in [-0.2, -0.15) is 0 Å². The van der Waals surface area contributed by atoms with E-state index in [-0.39, 0.29) is 5.91 Å². The molecule has 0 saturated heterocycles. The van der Waals surface area contributed by atoms with E-state index in [0.717, 1.165) is 16.6 Å². The number of carbonyl (C=O) groups is 1. The van der Waals surface area contributed by atoms with Crippen molar-refractivity contribution in [2.24, 2.45) is 0 Å². The molecule has 0 atom stereocenters. The Bertz CT molecular complexity index is 1300. The predicted molar refractivity (Wildman–Crippen MR) is 128 cm³/mol. The number of benzene rings is 3. The number of rotatable bonds is 6. The van der Waals surface area contributed by atoms with Crippen LogP contribution in [0.3, 0.4) is 0 Å². The summed E-state index contributed by atoms with van der Waals surface area (Å²) >= 11 is 6.43. The van der Waals surface area contributed by atoms with Gasteiger partial charge in [-0.3, -0.25) is 4.79 Å². The quantitative estimate of drug-likeness (QED) is 0.373. The Morgan fingerprint density at radius 3 is 2.24 bits per heavy atom. The van der Waals surface area contributed by atoms with Crippen LogP contribution in [-0.4, -0.2) is 32.2 Å². The maximum atomic E-state index is 13.0. The number of hydrogen-bond acceptors (Lipinski definition) is 6. The van der Waals surface area contributed by atoms with Gasteiger partial charge in [-0.1, -0.05) is 11.6 Å². The number of halogens is 1. The lowest BCUT2D eigenvalue weighted by atomic mass is 10.1. The summed E-state index contributed by atoms with van der Waals surface area (Å²) in [5.74, 6) is 1.20. The number of fused-ring (bicyclic) bond motifs is 1. The van der Waals surface area contributed by atoms with E-state index >= 15 is 0 Å². The topological polar surface area (TPSA) is 82.8 Å². The van der Waals surface area contributed by atoms with Crippen LogP contribution in [-0.2, 0) is 0 Å². The fourth-order valence-corrected chi connectivity index (χ4v) is 3.68. The molecule has 7 nitrogen and oxygen atoms in total. The average molecular weight is 467 g/mol. The second kappa shape index (κ2) is 9.03. The third-order valence-corrected chi connectivity index (χ3v) is 5.72. The van der Waals surface area contributed by atoms with Gasteiger partial charge in [0, 0.05) is 11.3 Å². The molecule has 0 aliphatic heterocycles. The van der Waals surface area contributed by atoms with Gasteiger partial charge >= 0.3 is 0 Å². The first-order chi connectivity index (χ1) is 15.8. The number of anilines is 1. The van der Waals surface area contributed by atoms with Gasteiger partial charge in [0.1, 0.15) is 5.52 Å². The highest BCUT2D eigenvalue weighted by Gasteiger charge is 2.18. The van der Waals surface area contributed by atoms with E-state index in [4.69, 9.17) is 30.2 Å². The summed E-state index contributed by atoms with van der Waals surface area (Å²) in [5, 5.41) is 3.33. The Labute approximate surface area is 196 Å². The van der Waals surface area contributed by atoms with E-state index in [2.05, 4.69) is 10.3 Å². The zero-order chi connectivity index (χ0) is 23.7. The van der Waals surface area contributed by atoms with Crippen molar-refractivity contribution in [1.82, 2.24) is 4.98 Å². The van der Waals surface area contributed by atoms with Crippen LogP contribution in [0.25, 0.3) is 22.6 Å². The third kappa shape index (κ3) is 4.32. The average Bonchev–Trinajstić information content (AvgIpc) is 3.21. The van der Waals surface area contributed by atoms with Crippen LogP contribution in [0.4, 0.5) is 5.69 Å². The van der Waals surface area contributed by atoms with Gasteiger partial charge in [0.2, 0.25) is 11.6 Å². The summed E-state index contributed by atoms with van der Waals surface area (Å²) in [7, 11) is 4.49. The van der Waals surface area contributed by atoms with Gasteiger partial charge in [0.25, 0.3) is 5.91 Å². The molecule has 0 fully saturated rings. The Morgan fingerprint density at radius 2 is 1.61 bits per heavy atom. The smallest absolute Gasteiger partial charge is 0.255 e. The highest BCUT2D eigenvalue weighted by molar-refractivity contribution is 6.33. The van der Waals surface area contributed by atoms with Crippen LogP contribution in [0, 0.1) is 13.8 Å². The number of aromatic nitrogens is 1. The summed E-state index contributed by atoms with van der Waals surface area (Å²) in [6.07, 6.45) is 0. The SMILES string of the molecule is COc1cc(C(=O)Nc2ccc(Cl)c(-c3nc4cc(C)c(C)cc4o3)c2)cc(OC)c1OC. The lowest BCUT2D eigenvalue weighted by Gasteiger charge is -2.14. The van der Waals surface area contributed by atoms with E-state index in [0.29, 0.717) is 50.6 Å². The summed E-state index contributed by atoms with van der Waals surface area (Å²) in [6, 6.07) is 12.2. The molecule has 0 aliphatic carbocycles. The van der Waals surface area contributed by atoms with Gasteiger partial charge in [0.05, 0.1) is 31.9 Å². The molecule has 170 valence electrons. The summed E-state index contributed by atoms with van der Waals surface area (Å²) < 4.78 is 21.9. The van der Waals surface area contributed by atoms with Crippen LogP contribution in [0.5, 0.6) is 17.2 Å². The van der Waals surface area contributed by atoms with Gasteiger partial charge in [-0.15, -0.1) is 0 Å². The van der Waals surface area contributed by atoms with Gasteiger partial charge < -0.3 is 23.9 Å². The lowest BCUT2D eigenvalue weighted by Crippen LogP contribution is -2.12. The molecular formula is C25H23ClN2O5. The number of nitrogens with zero attached hydrogens (tertiary/aromatic N) is 1. The number of methoxy groups -OCH3 is 3. The first-order valence-corrected chi connectivity index (χ1v) is 10.5. The molecule has 3 aromatic carbocycles. The minimum Gasteiger partial charge on any atom is -0.493 e. The van der Waals surface area contributed by atoms with Crippen molar-refractivity contribution in [3.8, 4) is 28.7 Å². The van der Waals surface area contributed by atoms with Crippen molar-refractivity contribution in [3.05, 3.63) is 64.2 Å².